The van der Waals surface area contributed by atoms with Gasteiger partial charge in [-0.25, -0.2) is 0 Å². The van der Waals surface area contributed by atoms with E-state index in [-0.39, 0.29) is 12.7 Å². The molecule has 0 aliphatic carbocycles. The number of ether oxygens (including phenoxy) is 2. The Kier molecular flexibility index (Phi) is 2.99. The summed E-state index contributed by atoms with van der Waals surface area (Å²) >= 11 is 11.2. The number of hydrogen-bond acceptors (Lipinski definition) is 3. The van der Waals surface area contributed by atoms with E-state index in [0.29, 0.717) is 13.1 Å². The topological polar surface area (TPSA) is 38.8 Å². The summed E-state index contributed by atoms with van der Waals surface area (Å²) in [6.07, 6.45) is 0.776. The lowest BCUT2D eigenvalue weighted by atomic mass is 9.99. The number of alkyl halides is 2. The number of carbonyl (C=O) groups is 1. The van der Waals surface area contributed by atoms with Gasteiger partial charge >= 0.3 is 0 Å². The number of carbonyl (C=O) groups excluding carboxylic acids is 1. The first-order valence-electron chi connectivity index (χ1n) is 5.63. The van der Waals surface area contributed by atoms with Gasteiger partial charge in [-0.1, -0.05) is 23.2 Å². The summed E-state index contributed by atoms with van der Waals surface area (Å²) < 4.78 is 10.7. The number of benzene rings is 1. The van der Waals surface area contributed by atoms with Crippen LogP contribution in [0.1, 0.15) is 11.1 Å². The Hall–Kier alpha value is -1.13. The molecule has 6 heteroatoms. The van der Waals surface area contributed by atoms with Crippen molar-refractivity contribution < 1.29 is 14.3 Å². The highest BCUT2D eigenvalue weighted by atomic mass is 35.5. The highest BCUT2D eigenvalue weighted by Crippen LogP contribution is 2.36. The summed E-state index contributed by atoms with van der Waals surface area (Å²) in [5.74, 6) is 1.26. The fraction of sp³-hybridized carbons (Fsp3) is 0.417. The van der Waals surface area contributed by atoms with Crippen LogP contribution in [-0.2, 0) is 17.8 Å². The van der Waals surface area contributed by atoms with Crippen molar-refractivity contribution in [1.29, 1.82) is 0 Å². The molecule has 96 valence electrons. The zero-order valence-corrected chi connectivity index (χ0v) is 11.0. The maximum atomic E-state index is 11.7. The van der Waals surface area contributed by atoms with E-state index in [2.05, 4.69) is 0 Å². The average Bonchev–Trinajstić information content (AvgIpc) is 2.81. The molecule has 3 rings (SSSR count). The van der Waals surface area contributed by atoms with Crippen LogP contribution in [0, 0.1) is 0 Å². The largest absolute Gasteiger partial charge is 0.454 e. The minimum absolute atomic E-state index is 0.248. The Bertz CT molecular complexity index is 504. The van der Waals surface area contributed by atoms with E-state index >= 15 is 0 Å². The minimum Gasteiger partial charge on any atom is -0.454 e. The second kappa shape index (κ2) is 4.52. The van der Waals surface area contributed by atoms with E-state index in [0.717, 1.165) is 23.5 Å². The summed E-state index contributed by atoms with van der Waals surface area (Å²) in [6, 6.07) is 3.91. The second-order valence-corrected chi connectivity index (χ2v) is 5.38. The first-order valence-corrected chi connectivity index (χ1v) is 6.51. The highest BCUT2D eigenvalue weighted by molar-refractivity contribution is 6.53. The molecule has 2 heterocycles. The summed E-state index contributed by atoms with van der Waals surface area (Å²) in [5.41, 5.74) is 2.25. The van der Waals surface area contributed by atoms with Crippen LogP contribution in [0.5, 0.6) is 11.5 Å². The van der Waals surface area contributed by atoms with Crippen molar-refractivity contribution in [1.82, 2.24) is 4.90 Å². The molecule has 0 radical (unpaired) electrons. The number of hydrogen-bond donors (Lipinski definition) is 0. The lowest BCUT2D eigenvalue weighted by Gasteiger charge is -2.29. The normalized spacial score (nSPS) is 16.9. The molecule has 0 unspecified atom stereocenters. The SMILES string of the molecule is O=C(C(Cl)Cl)N1CCc2cc3c(cc2C1)OCO3. The van der Waals surface area contributed by atoms with E-state index in [1.807, 2.05) is 12.1 Å². The fourth-order valence-electron chi connectivity index (χ4n) is 2.27. The lowest BCUT2D eigenvalue weighted by molar-refractivity contribution is -0.130. The molecule has 0 saturated carbocycles. The number of fused-ring (bicyclic) bond motifs is 2. The van der Waals surface area contributed by atoms with Crippen LogP contribution in [-0.4, -0.2) is 29.0 Å². The van der Waals surface area contributed by atoms with Gasteiger partial charge in [0, 0.05) is 13.1 Å². The molecule has 1 aromatic rings. The van der Waals surface area contributed by atoms with Gasteiger partial charge in [0.2, 0.25) is 6.79 Å². The molecule has 4 nitrogen and oxygen atoms in total. The predicted molar refractivity (Wildman–Crippen MR) is 67.2 cm³/mol. The third-order valence-corrected chi connectivity index (χ3v) is 3.58. The highest BCUT2D eigenvalue weighted by Gasteiger charge is 2.27. The Labute approximate surface area is 114 Å². The number of rotatable bonds is 1. The van der Waals surface area contributed by atoms with E-state index < -0.39 is 4.84 Å². The average molecular weight is 288 g/mol. The maximum absolute atomic E-state index is 11.7. The maximum Gasteiger partial charge on any atom is 0.256 e. The van der Waals surface area contributed by atoms with Crippen LogP contribution in [0.15, 0.2) is 12.1 Å². The van der Waals surface area contributed by atoms with Crippen LogP contribution in [0.4, 0.5) is 0 Å². The van der Waals surface area contributed by atoms with E-state index in [1.54, 1.807) is 4.90 Å². The van der Waals surface area contributed by atoms with Gasteiger partial charge in [0.25, 0.3) is 5.91 Å². The van der Waals surface area contributed by atoms with Gasteiger partial charge in [0.05, 0.1) is 0 Å². The van der Waals surface area contributed by atoms with Crippen molar-refractivity contribution in [3.63, 3.8) is 0 Å². The predicted octanol–water partition coefficient (Wildman–Crippen LogP) is 2.10. The molecular weight excluding hydrogens is 277 g/mol. The van der Waals surface area contributed by atoms with Gasteiger partial charge in [0.15, 0.2) is 16.3 Å². The van der Waals surface area contributed by atoms with Gasteiger partial charge < -0.3 is 14.4 Å². The Morgan fingerprint density at radius 2 is 1.89 bits per heavy atom. The Balaban J connectivity index is 1.87. The molecule has 1 aromatic carbocycles. The summed E-state index contributed by atoms with van der Waals surface area (Å²) in [7, 11) is 0. The zero-order valence-electron chi connectivity index (χ0n) is 9.49. The number of amides is 1. The zero-order chi connectivity index (χ0) is 12.7. The molecule has 0 saturated heterocycles. The summed E-state index contributed by atoms with van der Waals surface area (Å²) in [4.78, 5) is 12.4. The fourth-order valence-corrected chi connectivity index (χ4v) is 2.55. The Morgan fingerprint density at radius 3 is 2.56 bits per heavy atom. The molecule has 1 amide bonds. The molecule has 0 bridgehead atoms. The van der Waals surface area contributed by atoms with Crippen LogP contribution < -0.4 is 9.47 Å². The molecule has 0 fully saturated rings. The van der Waals surface area contributed by atoms with Crippen LogP contribution in [0.3, 0.4) is 0 Å². The van der Waals surface area contributed by atoms with Crippen molar-refractivity contribution in [2.45, 2.75) is 17.8 Å². The summed E-state index contributed by atoms with van der Waals surface area (Å²) in [6.45, 7) is 1.40. The van der Waals surface area contributed by atoms with Gasteiger partial charge in [0.1, 0.15) is 0 Å². The van der Waals surface area contributed by atoms with Crippen LogP contribution in [0.25, 0.3) is 0 Å². The molecule has 18 heavy (non-hydrogen) atoms. The van der Waals surface area contributed by atoms with Crippen LogP contribution in [0.2, 0.25) is 0 Å². The van der Waals surface area contributed by atoms with Gasteiger partial charge in [-0.15, -0.1) is 0 Å². The number of halogens is 2. The van der Waals surface area contributed by atoms with E-state index in [4.69, 9.17) is 32.7 Å². The molecular formula is C12H11Cl2NO3. The molecule has 0 atom stereocenters. The quantitative estimate of drug-likeness (QED) is 0.743. The first-order chi connectivity index (χ1) is 8.65. The minimum atomic E-state index is -0.999. The molecule has 0 spiro atoms. The van der Waals surface area contributed by atoms with Crippen molar-refractivity contribution in [3.05, 3.63) is 23.3 Å². The smallest absolute Gasteiger partial charge is 0.256 e. The lowest BCUT2D eigenvalue weighted by Crippen LogP contribution is -2.38. The standard InChI is InChI=1S/C12H11Cl2NO3/c13-11(14)12(16)15-2-1-7-3-9-10(18-6-17-9)4-8(7)5-15/h3-4,11H,1-2,5-6H2. The van der Waals surface area contributed by atoms with E-state index in [1.165, 1.54) is 5.56 Å². The third-order valence-electron chi connectivity index (χ3n) is 3.21. The first kappa shape index (κ1) is 11.9. The molecule has 0 aromatic heterocycles. The summed E-state index contributed by atoms with van der Waals surface area (Å²) in [5, 5.41) is 0. The molecule has 2 aliphatic rings. The third kappa shape index (κ3) is 1.99. The van der Waals surface area contributed by atoms with Crippen molar-refractivity contribution in [2.75, 3.05) is 13.3 Å². The second-order valence-electron chi connectivity index (χ2n) is 4.28. The van der Waals surface area contributed by atoms with Crippen molar-refractivity contribution in [3.8, 4) is 11.5 Å². The molecule has 0 N–H and O–H groups in total. The van der Waals surface area contributed by atoms with Gasteiger partial charge in [-0.3, -0.25) is 4.79 Å². The van der Waals surface area contributed by atoms with Gasteiger partial charge in [-0.2, -0.15) is 0 Å². The van der Waals surface area contributed by atoms with Crippen LogP contribution >= 0.6 is 23.2 Å². The number of nitrogens with zero attached hydrogens (tertiary/aromatic N) is 1. The van der Waals surface area contributed by atoms with Crippen molar-refractivity contribution in [2.24, 2.45) is 0 Å². The van der Waals surface area contributed by atoms with Crippen molar-refractivity contribution >= 4 is 29.1 Å². The van der Waals surface area contributed by atoms with E-state index in [9.17, 15) is 4.79 Å². The Morgan fingerprint density at radius 1 is 1.22 bits per heavy atom. The van der Waals surface area contributed by atoms with Gasteiger partial charge in [-0.05, 0) is 29.7 Å². The molecule has 2 aliphatic heterocycles. The monoisotopic (exact) mass is 287 g/mol.